The van der Waals surface area contributed by atoms with Crippen molar-refractivity contribution < 1.29 is 4.79 Å². The summed E-state index contributed by atoms with van der Waals surface area (Å²) in [6, 6.07) is 7.52. The number of rotatable bonds is 5. The van der Waals surface area contributed by atoms with Crippen LogP contribution in [0, 0.1) is 5.41 Å². The summed E-state index contributed by atoms with van der Waals surface area (Å²) in [5, 5.41) is 9.76. The lowest BCUT2D eigenvalue weighted by Crippen LogP contribution is -2.27. The first-order chi connectivity index (χ1) is 7.63. The van der Waals surface area contributed by atoms with E-state index in [1.807, 2.05) is 25.1 Å². The highest BCUT2D eigenvalue weighted by molar-refractivity contribution is 5.94. The van der Waals surface area contributed by atoms with Gasteiger partial charge in [0, 0.05) is 18.5 Å². The molecule has 0 aromatic heterocycles. The molecule has 0 spiro atoms. The van der Waals surface area contributed by atoms with Crippen LogP contribution < -0.4 is 11.1 Å². The minimum Gasteiger partial charge on any atom is -0.388 e. The van der Waals surface area contributed by atoms with E-state index < -0.39 is 0 Å². The minimum atomic E-state index is -0.114. The van der Waals surface area contributed by atoms with Crippen LogP contribution in [0.4, 0.5) is 0 Å². The van der Waals surface area contributed by atoms with Gasteiger partial charge in [-0.05, 0) is 24.1 Å². The maximum Gasteiger partial charge on any atom is 0.251 e. The van der Waals surface area contributed by atoms with Gasteiger partial charge < -0.3 is 11.1 Å². The second kappa shape index (κ2) is 5.90. The average molecular weight is 219 g/mol. The minimum absolute atomic E-state index is 0.0857. The standard InChI is InChI=1S/C12H17N3O/c1-2-9-4-3-5-10(8-9)12(16)15-7-6-11(13)14/h3-5,8H,2,6-7H2,1H3,(H3,13,14)(H,15,16). The third-order valence-electron chi connectivity index (χ3n) is 2.28. The van der Waals surface area contributed by atoms with Crippen molar-refractivity contribution in [3.05, 3.63) is 35.4 Å². The largest absolute Gasteiger partial charge is 0.388 e. The van der Waals surface area contributed by atoms with Crippen LogP contribution in [0.2, 0.25) is 0 Å². The van der Waals surface area contributed by atoms with Crippen LogP contribution >= 0.6 is 0 Å². The van der Waals surface area contributed by atoms with E-state index in [9.17, 15) is 4.79 Å². The third-order valence-corrected chi connectivity index (χ3v) is 2.28. The summed E-state index contributed by atoms with van der Waals surface area (Å²) in [7, 11) is 0. The van der Waals surface area contributed by atoms with Crippen LogP contribution in [0.1, 0.15) is 29.3 Å². The first-order valence-electron chi connectivity index (χ1n) is 5.33. The molecule has 0 bridgehead atoms. The van der Waals surface area contributed by atoms with Crippen molar-refractivity contribution in [3.8, 4) is 0 Å². The lowest BCUT2D eigenvalue weighted by molar-refractivity contribution is 0.0954. The van der Waals surface area contributed by atoms with Gasteiger partial charge in [0.2, 0.25) is 0 Å². The molecule has 0 aliphatic rings. The first-order valence-corrected chi connectivity index (χ1v) is 5.33. The fourth-order valence-electron chi connectivity index (χ4n) is 1.35. The van der Waals surface area contributed by atoms with Crippen molar-refractivity contribution >= 4 is 11.7 Å². The molecule has 1 amide bonds. The number of aryl methyl sites for hydroxylation is 1. The fraction of sp³-hybridized carbons (Fsp3) is 0.333. The molecule has 1 aromatic carbocycles. The van der Waals surface area contributed by atoms with E-state index in [0.29, 0.717) is 18.5 Å². The average Bonchev–Trinajstić information content (AvgIpc) is 2.28. The SMILES string of the molecule is CCc1cccc(C(=O)NCCC(=N)N)c1. The Bertz CT molecular complexity index is 388. The number of carbonyl (C=O) groups is 1. The van der Waals surface area contributed by atoms with E-state index in [2.05, 4.69) is 5.32 Å². The molecule has 0 fully saturated rings. The van der Waals surface area contributed by atoms with Crippen molar-refractivity contribution in [2.24, 2.45) is 5.73 Å². The lowest BCUT2D eigenvalue weighted by Gasteiger charge is -2.05. The second-order valence-electron chi connectivity index (χ2n) is 3.59. The highest BCUT2D eigenvalue weighted by atomic mass is 16.1. The molecule has 4 N–H and O–H groups in total. The fourth-order valence-corrected chi connectivity index (χ4v) is 1.35. The second-order valence-corrected chi connectivity index (χ2v) is 3.59. The normalized spacial score (nSPS) is 9.81. The Kier molecular flexibility index (Phi) is 4.51. The van der Waals surface area contributed by atoms with Gasteiger partial charge in [-0.2, -0.15) is 0 Å². The lowest BCUT2D eigenvalue weighted by atomic mass is 10.1. The molecule has 0 heterocycles. The maximum atomic E-state index is 11.7. The van der Waals surface area contributed by atoms with Gasteiger partial charge in [-0.1, -0.05) is 19.1 Å². The highest BCUT2D eigenvalue weighted by Gasteiger charge is 2.04. The molecule has 4 heteroatoms. The third kappa shape index (κ3) is 3.73. The number of carbonyl (C=O) groups excluding carboxylic acids is 1. The first kappa shape index (κ1) is 12.2. The molecule has 1 aromatic rings. The predicted octanol–water partition coefficient (Wildman–Crippen LogP) is 1.30. The van der Waals surface area contributed by atoms with Crippen molar-refractivity contribution in [1.82, 2.24) is 5.32 Å². The van der Waals surface area contributed by atoms with Crippen LogP contribution in [0.25, 0.3) is 0 Å². The van der Waals surface area contributed by atoms with Gasteiger partial charge in [0.15, 0.2) is 0 Å². The molecule has 0 saturated carbocycles. The Hall–Kier alpha value is -1.84. The molecule has 4 nitrogen and oxygen atoms in total. The van der Waals surface area contributed by atoms with Gasteiger partial charge in [-0.15, -0.1) is 0 Å². The van der Waals surface area contributed by atoms with Gasteiger partial charge in [0.1, 0.15) is 0 Å². The zero-order valence-corrected chi connectivity index (χ0v) is 9.42. The van der Waals surface area contributed by atoms with Gasteiger partial charge in [-0.25, -0.2) is 0 Å². The summed E-state index contributed by atoms with van der Waals surface area (Å²) in [6.07, 6.45) is 1.30. The molecular formula is C12H17N3O. The zero-order chi connectivity index (χ0) is 12.0. The van der Waals surface area contributed by atoms with E-state index >= 15 is 0 Å². The summed E-state index contributed by atoms with van der Waals surface area (Å²) >= 11 is 0. The van der Waals surface area contributed by atoms with Crippen LogP contribution in [0.15, 0.2) is 24.3 Å². The monoisotopic (exact) mass is 219 g/mol. The summed E-state index contributed by atoms with van der Waals surface area (Å²) in [5.41, 5.74) is 6.99. The van der Waals surface area contributed by atoms with Crippen molar-refractivity contribution in [2.75, 3.05) is 6.54 Å². The Balaban J connectivity index is 2.55. The number of nitrogens with two attached hydrogens (primary N) is 1. The van der Waals surface area contributed by atoms with E-state index in [0.717, 1.165) is 12.0 Å². The van der Waals surface area contributed by atoms with Crippen molar-refractivity contribution in [3.63, 3.8) is 0 Å². The molecule has 0 unspecified atom stereocenters. The number of nitrogens with one attached hydrogen (secondary N) is 2. The molecule has 1 rings (SSSR count). The molecular weight excluding hydrogens is 202 g/mol. The van der Waals surface area contributed by atoms with Crippen LogP contribution in [-0.2, 0) is 6.42 Å². The molecule has 16 heavy (non-hydrogen) atoms. The summed E-state index contributed by atoms with van der Waals surface area (Å²) < 4.78 is 0. The molecule has 0 aliphatic heterocycles. The van der Waals surface area contributed by atoms with E-state index in [-0.39, 0.29) is 11.7 Å². The quantitative estimate of drug-likeness (QED) is 0.515. The van der Waals surface area contributed by atoms with Crippen LogP contribution in [0.3, 0.4) is 0 Å². The number of benzene rings is 1. The van der Waals surface area contributed by atoms with Crippen molar-refractivity contribution in [2.45, 2.75) is 19.8 Å². The summed E-state index contributed by atoms with van der Waals surface area (Å²) in [5.74, 6) is -0.0286. The van der Waals surface area contributed by atoms with Gasteiger partial charge in [0.25, 0.3) is 5.91 Å². The van der Waals surface area contributed by atoms with E-state index in [1.165, 1.54) is 0 Å². The molecule has 86 valence electrons. The Labute approximate surface area is 95.4 Å². The summed E-state index contributed by atoms with van der Waals surface area (Å²) in [6.45, 7) is 2.46. The topological polar surface area (TPSA) is 79.0 Å². The zero-order valence-electron chi connectivity index (χ0n) is 9.42. The van der Waals surface area contributed by atoms with E-state index in [4.69, 9.17) is 11.1 Å². The van der Waals surface area contributed by atoms with Crippen molar-refractivity contribution in [1.29, 1.82) is 5.41 Å². The van der Waals surface area contributed by atoms with E-state index in [1.54, 1.807) is 6.07 Å². The van der Waals surface area contributed by atoms with Gasteiger partial charge in [-0.3, -0.25) is 10.2 Å². The summed E-state index contributed by atoms with van der Waals surface area (Å²) in [4.78, 5) is 11.7. The smallest absolute Gasteiger partial charge is 0.251 e. The number of amidine groups is 1. The highest BCUT2D eigenvalue weighted by Crippen LogP contribution is 2.05. The van der Waals surface area contributed by atoms with Gasteiger partial charge in [0.05, 0.1) is 5.84 Å². The molecule has 0 radical (unpaired) electrons. The molecule has 0 atom stereocenters. The Morgan fingerprint density at radius 1 is 1.50 bits per heavy atom. The number of amides is 1. The van der Waals surface area contributed by atoms with Crippen LogP contribution in [0.5, 0.6) is 0 Å². The predicted molar refractivity (Wildman–Crippen MR) is 64.7 cm³/mol. The Morgan fingerprint density at radius 2 is 2.25 bits per heavy atom. The number of hydrogen-bond acceptors (Lipinski definition) is 2. The Morgan fingerprint density at radius 3 is 2.88 bits per heavy atom. The maximum absolute atomic E-state index is 11.7. The molecule has 0 aliphatic carbocycles. The van der Waals surface area contributed by atoms with Crippen LogP contribution in [-0.4, -0.2) is 18.3 Å². The molecule has 0 saturated heterocycles. The number of hydrogen-bond donors (Lipinski definition) is 3. The van der Waals surface area contributed by atoms with Gasteiger partial charge >= 0.3 is 0 Å².